The summed E-state index contributed by atoms with van der Waals surface area (Å²) >= 11 is 0. The summed E-state index contributed by atoms with van der Waals surface area (Å²) in [6.07, 6.45) is 2.22. The molecular formula is C20H20N6O3. The molecule has 29 heavy (non-hydrogen) atoms. The first-order valence-corrected chi connectivity index (χ1v) is 9.25. The zero-order valence-corrected chi connectivity index (χ0v) is 15.8. The van der Waals surface area contributed by atoms with E-state index in [4.69, 9.17) is 4.74 Å². The van der Waals surface area contributed by atoms with Gasteiger partial charge < -0.3 is 15.4 Å². The van der Waals surface area contributed by atoms with Gasteiger partial charge >= 0.3 is 0 Å². The van der Waals surface area contributed by atoms with E-state index in [1.165, 1.54) is 4.80 Å². The van der Waals surface area contributed by atoms with Gasteiger partial charge in [-0.3, -0.25) is 9.59 Å². The lowest BCUT2D eigenvalue weighted by Gasteiger charge is -2.07. The fraction of sp³-hybridized carbons (Fsp3) is 0.250. The van der Waals surface area contributed by atoms with Crippen LogP contribution >= 0.6 is 0 Å². The maximum atomic E-state index is 12.3. The predicted octanol–water partition coefficient (Wildman–Crippen LogP) is 1.74. The fourth-order valence-electron chi connectivity index (χ4n) is 2.74. The fourth-order valence-corrected chi connectivity index (χ4v) is 2.74. The van der Waals surface area contributed by atoms with Gasteiger partial charge in [0.2, 0.25) is 5.91 Å². The molecule has 1 fully saturated rings. The Morgan fingerprint density at radius 2 is 1.97 bits per heavy atom. The highest BCUT2D eigenvalue weighted by Gasteiger charge is 2.25. The van der Waals surface area contributed by atoms with Gasteiger partial charge in [0, 0.05) is 11.7 Å². The molecule has 3 aromatic rings. The first-order chi connectivity index (χ1) is 14.1. The number of aromatic nitrogens is 4. The summed E-state index contributed by atoms with van der Waals surface area (Å²) in [6, 6.07) is 14.6. The molecule has 0 atom stereocenters. The SMILES string of the molecule is COc1cccc(CC(=O)Nc2ccc(-n3nnc(C(=O)NC4CC4)n3)cc2)c1. The van der Waals surface area contributed by atoms with Crippen molar-refractivity contribution in [2.24, 2.45) is 0 Å². The smallest absolute Gasteiger partial charge is 0.293 e. The number of hydrogen-bond acceptors (Lipinski definition) is 6. The summed E-state index contributed by atoms with van der Waals surface area (Å²) in [7, 11) is 1.59. The first-order valence-electron chi connectivity index (χ1n) is 9.25. The molecule has 2 aromatic carbocycles. The number of hydrogen-bond donors (Lipinski definition) is 2. The molecule has 1 heterocycles. The molecule has 0 spiro atoms. The van der Waals surface area contributed by atoms with Crippen LogP contribution in [0.2, 0.25) is 0 Å². The normalized spacial score (nSPS) is 13.0. The second kappa shape index (κ2) is 8.09. The van der Waals surface area contributed by atoms with Crippen LogP contribution in [0.3, 0.4) is 0 Å². The second-order valence-corrected chi connectivity index (χ2v) is 6.77. The largest absolute Gasteiger partial charge is 0.497 e. The molecule has 4 rings (SSSR count). The molecule has 2 N–H and O–H groups in total. The Labute approximate surface area is 167 Å². The lowest BCUT2D eigenvalue weighted by Crippen LogP contribution is -2.26. The highest BCUT2D eigenvalue weighted by atomic mass is 16.5. The number of benzene rings is 2. The van der Waals surface area contributed by atoms with Crippen molar-refractivity contribution >= 4 is 17.5 Å². The van der Waals surface area contributed by atoms with Crippen molar-refractivity contribution in [3.63, 3.8) is 0 Å². The average Bonchev–Trinajstić information content (AvgIpc) is 3.40. The van der Waals surface area contributed by atoms with E-state index in [9.17, 15) is 9.59 Å². The number of rotatable bonds is 7. The number of carbonyl (C=O) groups excluding carboxylic acids is 2. The van der Waals surface area contributed by atoms with Crippen molar-refractivity contribution in [1.29, 1.82) is 0 Å². The Morgan fingerprint density at radius 1 is 1.17 bits per heavy atom. The predicted molar refractivity (Wildman–Crippen MR) is 105 cm³/mol. The summed E-state index contributed by atoms with van der Waals surface area (Å²) in [6.45, 7) is 0. The number of anilines is 1. The van der Waals surface area contributed by atoms with Crippen LogP contribution in [-0.2, 0) is 11.2 Å². The maximum absolute atomic E-state index is 12.3. The number of nitrogens with zero attached hydrogens (tertiary/aromatic N) is 4. The van der Waals surface area contributed by atoms with E-state index in [0.717, 1.165) is 18.4 Å². The third kappa shape index (κ3) is 4.75. The van der Waals surface area contributed by atoms with Crippen LogP contribution in [-0.4, -0.2) is 45.2 Å². The van der Waals surface area contributed by atoms with Crippen molar-refractivity contribution in [2.45, 2.75) is 25.3 Å². The third-order valence-corrected chi connectivity index (χ3v) is 4.41. The van der Waals surface area contributed by atoms with Gasteiger partial charge in [-0.25, -0.2) is 0 Å². The van der Waals surface area contributed by atoms with E-state index in [2.05, 4.69) is 26.0 Å². The average molecular weight is 392 g/mol. The molecule has 0 bridgehead atoms. The lowest BCUT2D eigenvalue weighted by atomic mass is 10.1. The van der Waals surface area contributed by atoms with E-state index in [1.54, 1.807) is 31.4 Å². The molecule has 0 aliphatic heterocycles. The number of carbonyl (C=O) groups is 2. The van der Waals surface area contributed by atoms with Crippen LogP contribution in [0.1, 0.15) is 29.0 Å². The van der Waals surface area contributed by atoms with E-state index < -0.39 is 0 Å². The Morgan fingerprint density at radius 3 is 2.69 bits per heavy atom. The zero-order chi connectivity index (χ0) is 20.2. The second-order valence-electron chi connectivity index (χ2n) is 6.77. The van der Waals surface area contributed by atoms with Crippen molar-refractivity contribution in [3.05, 3.63) is 59.9 Å². The number of amides is 2. The number of ether oxygens (including phenoxy) is 1. The maximum Gasteiger partial charge on any atom is 0.293 e. The van der Waals surface area contributed by atoms with Gasteiger partial charge in [-0.1, -0.05) is 12.1 Å². The van der Waals surface area contributed by atoms with Crippen LogP contribution in [0.4, 0.5) is 5.69 Å². The molecule has 1 aliphatic rings. The molecule has 0 unspecified atom stereocenters. The topological polar surface area (TPSA) is 111 Å². The number of tetrazole rings is 1. The Balaban J connectivity index is 1.36. The molecule has 9 heteroatoms. The molecule has 0 saturated heterocycles. The summed E-state index contributed by atoms with van der Waals surface area (Å²) in [4.78, 5) is 25.5. The minimum Gasteiger partial charge on any atom is -0.497 e. The van der Waals surface area contributed by atoms with Crippen molar-refractivity contribution in [2.75, 3.05) is 12.4 Å². The highest BCUT2D eigenvalue weighted by Crippen LogP contribution is 2.19. The van der Waals surface area contributed by atoms with Gasteiger partial charge in [-0.05, 0) is 60.0 Å². The zero-order valence-electron chi connectivity index (χ0n) is 15.8. The van der Waals surface area contributed by atoms with Gasteiger partial charge in [0.1, 0.15) is 5.75 Å². The van der Waals surface area contributed by atoms with Gasteiger partial charge in [-0.2, -0.15) is 0 Å². The molecule has 1 aliphatic carbocycles. The van der Waals surface area contributed by atoms with Crippen LogP contribution in [0, 0.1) is 0 Å². The van der Waals surface area contributed by atoms with Crippen LogP contribution in [0.5, 0.6) is 5.75 Å². The van der Waals surface area contributed by atoms with E-state index in [1.807, 2.05) is 24.3 Å². The van der Waals surface area contributed by atoms with Crippen LogP contribution in [0.15, 0.2) is 48.5 Å². The minimum absolute atomic E-state index is 0.0348. The standard InChI is InChI=1S/C20H20N6O3/c1-29-17-4-2-3-13(11-17)12-18(27)21-14-7-9-16(10-8-14)26-24-19(23-25-26)20(28)22-15-5-6-15/h2-4,7-11,15H,5-6,12H2,1H3,(H,21,27)(H,22,28). The molecular weight excluding hydrogens is 372 g/mol. The first kappa shape index (κ1) is 18.6. The molecule has 148 valence electrons. The highest BCUT2D eigenvalue weighted by molar-refractivity contribution is 5.92. The number of methoxy groups -OCH3 is 1. The van der Waals surface area contributed by atoms with Crippen LogP contribution < -0.4 is 15.4 Å². The summed E-state index contributed by atoms with van der Waals surface area (Å²) < 4.78 is 5.17. The molecule has 1 saturated carbocycles. The van der Waals surface area contributed by atoms with E-state index in [0.29, 0.717) is 17.1 Å². The molecule has 2 amide bonds. The molecule has 0 radical (unpaired) electrons. The van der Waals surface area contributed by atoms with Gasteiger partial charge in [0.25, 0.3) is 11.7 Å². The Bertz CT molecular complexity index is 1030. The minimum atomic E-state index is -0.319. The quantitative estimate of drug-likeness (QED) is 0.634. The summed E-state index contributed by atoms with van der Waals surface area (Å²) in [5.74, 6) is 0.293. The van der Waals surface area contributed by atoms with E-state index >= 15 is 0 Å². The van der Waals surface area contributed by atoms with Crippen molar-refractivity contribution in [1.82, 2.24) is 25.5 Å². The lowest BCUT2D eigenvalue weighted by molar-refractivity contribution is -0.115. The summed E-state index contributed by atoms with van der Waals surface area (Å²) in [5.41, 5.74) is 2.14. The van der Waals surface area contributed by atoms with Gasteiger partial charge in [0.05, 0.1) is 19.2 Å². The Kier molecular flexibility index (Phi) is 5.19. The monoisotopic (exact) mass is 392 g/mol. The van der Waals surface area contributed by atoms with Crippen molar-refractivity contribution < 1.29 is 14.3 Å². The summed E-state index contributed by atoms with van der Waals surface area (Å²) in [5, 5.41) is 17.5. The van der Waals surface area contributed by atoms with E-state index in [-0.39, 0.29) is 30.1 Å². The van der Waals surface area contributed by atoms with Gasteiger partial charge in [-0.15, -0.1) is 15.0 Å². The molecule has 9 nitrogen and oxygen atoms in total. The van der Waals surface area contributed by atoms with Crippen LogP contribution in [0.25, 0.3) is 5.69 Å². The Hall–Kier alpha value is -3.75. The van der Waals surface area contributed by atoms with Gasteiger partial charge in [0.15, 0.2) is 0 Å². The van der Waals surface area contributed by atoms with Crippen molar-refractivity contribution in [3.8, 4) is 11.4 Å². The third-order valence-electron chi connectivity index (χ3n) is 4.41. The molecule has 1 aromatic heterocycles. The number of nitrogens with one attached hydrogen (secondary N) is 2.